The van der Waals surface area contributed by atoms with Crippen LogP contribution in [0.1, 0.15) is 11.1 Å². The fourth-order valence-corrected chi connectivity index (χ4v) is 1.77. The molecule has 0 heterocycles. The summed E-state index contributed by atoms with van der Waals surface area (Å²) in [5, 5.41) is 3.17. The zero-order valence-electron chi connectivity index (χ0n) is 10.4. The fraction of sp³-hybridized carbons (Fsp3) is 0.125. The van der Waals surface area contributed by atoms with E-state index in [0.29, 0.717) is 6.54 Å². The van der Waals surface area contributed by atoms with E-state index in [1.165, 1.54) is 12.1 Å². The molecule has 1 nitrogen and oxygen atoms in total. The van der Waals surface area contributed by atoms with Gasteiger partial charge in [-0.1, -0.05) is 42.5 Å². The van der Waals surface area contributed by atoms with Gasteiger partial charge in [0.2, 0.25) is 0 Å². The van der Waals surface area contributed by atoms with E-state index in [4.69, 9.17) is 0 Å². The number of halogens is 1. The first-order chi connectivity index (χ1) is 8.74. The topological polar surface area (TPSA) is 12.0 Å². The molecule has 0 bridgehead atoms. The van der Waals surface area contributed by atoms with Crippen molar-refractivity contribution >= 4 is 11.8 Å². The molecule has 0 radical (unpaired) electrons. The van der Waals surface area contributed by atoms with Crippen molar-refractivity contribution in [2.24, 2.45) is 0 Å². The first kappa shape index (κ1) is 12.4. The molecule has 0 saturated carbocycles. The smallest absolute Gasteiger partial charge is 0.125 e. The van der Waals surface area contributed by atoms with E-state index in [1.807, 2.05) is 55.5 Å². The molecule has 2 rings (SSSR count). The Hall–Kier alpha value is -2.09. The fourth-order valence-electron chi connectivity index (χ4n) is 1.77. The maximum atomic E-state index is 13.1. The van der Waals surface area contributed by atoms with Gasteiger partial charge in [-0.3, -0.25) is 0 Å². The van der Waals surface area contributed by atoms with Crippen LogP contribution in [0.25, 0.3) is 6.08 Å². The highest BCUT2D eigenvalue weighted by Gasteiger charge is 1.95. The maximum Gasteiger partial charge on any atom is 0.125 e. The van der Waals surface area contributed by atoms with Gasteiger partial charge in [0.1, 0.15) is 5.82 Å². The van der Waals surface area contributed by atoms with Crippen LogP contribution >= 0.6 is 0 Å². The monoisotopic (exact) mass is 241 g/mol. The van der Waals surface area contributed by atoms with Gasteiger partial charge in [-0.2, -0.15) is 0 Å². The van der Waals surface area contributed by atoms with Crippen LogP contribution < -0.4 is 5.32 Å². The zero-order chi connectivity index (χ0) is 12.8. The van der Waals surface area contributed by atoms with Gasteiger partial charge >= 0.3 is 0 Å². The van der Waals surface area contributed by atoms with Crippen LogP contribution in [0.15, 0.2) is 54.6 Å². The Morgan fingerprint density at radius 1 is 1.11 bits per heavy atom. The average molecular weight is 241 g/mol. The first-order valence-corrected chi connectivity index (χ1v) is 5.97. The van der Waals surface area contributed by atoms with E-state index in [9.17, 15) is 4.39 Å². The van der Waals surface area contributed by atoms with Gasteiger partial charge in [-0.25, -0.2) is 4.39 Å². The molecule has 0 aromatic heterocycles. The quantitative estimate of drug-likeness (QED) is 0.843. The summed E-state index contributed by atoms with van der Waals surface area (Å²) in [5.74, 6) is -0.204. The Balaban J connectivity index is 1.90. The third-order valence-corrected chi connectivity index (χ3v) is 2.58. The molecule has 0 aliphatic carbocycles. The lowest BCUT2D eigenvalue weighted by molar-refractivity contribution is 0.627. The molecule has 2 heteroatoms. The number of rotatable bonds is 4. The highest BCUT2D eigenvalue weighted by Crippen LogP contribution is 2.13. The molecule has 0 saturated heterocycles. The summed E-state index contributed by atoms with van der Waals surface area (Å²) in [4.78, 5) is 0. The SMILES string of the molecule is Cc1cc(F)cc(NCC=Cc2ccccc2)c1. The maximum absolute atomic E-state index is 13.1. The van der Waals surface area contributed by atoms with E-state index in [2.05, 4.69) is 5.32 Å². The average Bonchev–Trinajstić information content (AvgIpc) is 2.35. The predicted octanol–water partition coefficient (Wildman–Crippen LogP) is 4.26. The predicted molar refractivity (Wildman–Crippen MR) is 75.1 cm³/mol. The molecule has 2 aromatic rings. The highest BCUT2D eigenvalue weighted by atomic mass is 19.1. The third kappa shape index (κ3) is 3.74. The number of hydrogen-bond acceptors (Lipinski definition) is 1. The molecule has 0 spiro atoms. The van der Waals surface area contributed by atoms with E-state index >= 15 is 0 Å². The van der Waals surface area contributed by atoms with Gasteiger partial charge < -0.3 is 5.32 Å². The Bertz CT molecular complexity index is 512. The van der Waals surface area contributed by atoms with E-state index < -0.39 is 0 Å². The van der Waals surface area contributed by atoms with E-state index in [1.54, 1.807) is 0 Å². The highest BCUT2D eigenvalue weighted by molar-refractivity contribution is 5.51. The largest absolute Gasteiger partial charge is 0.381 e. The molecule has 0 fully saturated rings. The number of anilines is 1. The molecule has 0 amide bonds. The minimum atomic E-state index is -0.204. The molecule has 18 heavy (non-hydrogen) atoms. The van der Waals surface area contributed by atoms with Crippen molar-refractivity contribution in [1.82, 2.24) is 0 Å². The molecule has 0 unspecified atom stereocenters. The number of nitrogens with one attached hydrogen (secondary N) is 1. The number of hydrogen-bond donors (Lipinski definition) is 1. The summed E-state index contributed by atoms with van der Waals surface area (Å²) in [6, 6.07) is 15.0. The molecule has 0 atom stereocenters. The van der Waals surface area contributed by atoms with Gasteiger partial charge in [0.15, 0.2) is 0 Å². The summed E-state index contributed by atoms with van der Waals surface area (Å²) >= 11 is 0. The van der Waals surface area contributed by atoms with Crippen LogP contribution in [0, 0.1) is 12.7 Å². The second-order valence-electron chi connectivity index (χ2n) is 4.21. The summed E-state index contributed by atoms with van der Waals surface area (Å²) in [5.41, 5.74) is 2.89. The lowest BCUT2D eigenvalue weighted by Gasteiger charge is -2.04. The summed E-state index contributed by atoms with van der Waals surface area (Å²) in [7, 11) is 0. The van der Waals surface area contributed by atoms with Crippen molar-refractivity contribution in [1.29, 1.82) is 0 Å². The van der Waals surface area contributed by atoms with Crippen LogP contribution in [-0.4, -0.2) is 6.54 Å². The van der Waals surface area contributed by atoms with Crippen molar-refractivity contribution in [3.63, 3.8) is 0 Å². The molecular formula is C16H16FN. The summed E-state index contributed by atoms with van der Waals surface area (Å²) < 4.78 is 13.1. The van der Waals surface area contributed by atoms with Gasteiger partial charge in [-0.15, -0.1) is 0 Å². The van der Waals surface area contributed by atoms with Crippen molar-refractivity contribution in [2.75, 3.05) is 11.9 Å². The van der Waals surface area contributed by atoms with Crippen molar-refractivity contribution in [2.45, 2.75) is 6.92 Å². The minimum Gasteiger partial charge on any atom is -0.381 e. The zero-order valence-corrected chi connectivity index (χ0v) is 10.4. The van der Waals surface area contributed by atoms with Crippen LogP contribution in [0.2, 0.25) is 0 Å². The second kappa shape index (κ2) is 6.01. The number of aryl methyl sites for hydroxylation is 1. The van der Waals surface area contributed by atoms with Gasteiger partial charge in [-0.05, 0) is 36.2 Å². The molecule has 92 valence electrons. The van der Waals surface area contributed by atoms with Crippen LogP contribution in [0.5, 0.6) is 0 Å². The van der Waals surface area contributed by atoms with Crippen molar-refractivity contribution < 1.29 is 4.39 Å². The van der Waals surface area contributed by atoms with Gasteiger partial charge in [0.05, 0.1) is 0 Å². The van der Waals surface area contributed by atoms with E-state index in [-0.39, 0.29) is 5.82 Å². The Morgan fingerprint density at radius 3 is 2.61 bits per heavy atom. The van der Waals surface area contributed by atoms with E-state index in [0.717, 1.165) is 16.8 Å². The van der Waals surface area contributed by atoms with Crippen molar-refractivity contribution in [3.05, 3.63) is 71.6 Å². The molecule has 0 aliphatic heterocycles. The second-order valence-corrected chi connectivity index (χ2v) is 4.21. The molecule has 1 N–H and O–H groups in total. The lowest BCUT2D eigenvalue weighted by atomic mass is 10.2. The third-order valence-electron chi connectivity index (χ3n) is 2.58. The lowest BCUT2D eigenvalue weighted by Crippen LogP contribution is -1.98. The Kier molecular flexibility index (Phi) is 4.13. The normalized spacial score (nSPS) is 10.8. The van der Waals surface area contributed by atoms with Crippen LogP contribution in [0.4, 0.5) is 10.1 Å². The summed E-state index contributed by atoms with van der Waals surface area (Å²) in [6.45, 7) is 2.56. The number of benzene rings is 2. The van der Waals surface area contributed by atoms with Crippen molar-refractivity contribution in [3.8, 4) is 0 Å². The Labute approximate surface area is 107 Å². The molecule has 0 aliphatic rings. The van der Waals surface area contributed by atoms with Crippen LogP contribution in [0.3, 0.4) is 0 Å². The van der Waals surface area contributed by atoms with Gasteiger partial charge in [0, 0.05) is 12.2 Å². The first-order valence-electron chi connectivity index (χ1n) is 5.97. The Morgan fingerprint density at radius 2 is 1.89 bits per heavy atom. The van der Waals surface area contributed by atoms with Crippen LogP contribution in [-0.2, 0) is 0 Å². The molecular weight excluding hydrogens is 225 g/mol. The van der Waals surface area contributed by atoms with Gasteiger partial charge in [0.25, 0.3) is 0 Å². The molecule has 2 aromatic carbocycles. The summed E-state index contributed by atoms with van der Waals surface area (Å²) in [6.07, 6.45) is 4.06. The standard InChI is InChI=1S/C16H16FN/c1-13-10-15(17)12-16(11-13)18-9-5-8-14-6-3-2-4-7-14/h2-8,10-12,18H,9H2,1H3. The minimum absolute atomic E-state index is 0.204.